The molecule has 0 bridgehead atoms. The van der Waals surface area contributed by atoms with Crippen molar-refractivity contribution in [3.63, 3.8) is 0 Å². The number of carboxylic acid groups (broad SMARTS) is 1. The van der Waals surface area contributed by atoms with Gasteiger partial charge in [-0.25, -0.2) is 4.79 Å². The van der Waals surface area contributed by atoms with Gasteiger partial charge in [-0.15, -0.1) is 11.3 Å². The zero-order chi connectivity index (χ0) is 14.2. The number of aryl methyl sites for hydroxylation is 2. The van der Waals surface area contributed by atoms with Crippen LogP contribution in [-0.2, 0) is 0 Å². The van der Waals surface area contributed by atoms with Crippen LogP contribution in [0.3, 0.4) is 0 Å². The quantitative estimate of drug-likeness (QED) is 0.902. The summed E-state index contributed by atoms with van der Waals surface area (Å²) in [5, 5.41) is 9.13. The minimum absolute atomic E-state index is 0.177. The summed E-state index contributed by atoms with van der Waals surface area (Å²) in [6.07, 6.45) is 0. The third-order valence-electron chi connectivity index (χ3n) is 2.94. The fourth-order valence-electron chi connectivity index (χ4n) is 2.07. The third kappa shape index (κ3) is 2.29. The van der Waals surface area contributed by atoms with Crippen molar-refractivity contribution in [2.45, 2.75) is 13.8 Å². The molecule has 0 radical (unpaired) electrons. The molecule has 2 rings (SSSR count). The predicted octanol–water partition coefficient (Wildman–Crippen LogP) is 3.32. The summed E-state index contributed by atoms with van der Waals surface area (Å²) in [7, 11) is 1.59. The SMILES string of the molecule is COc1ccc(C)cc1-c1c(C)sc(C(=O)O)c1N. The highest BCUT2D eigenvalue weighted by molar-refractivity contribution is 7.15. The van der Waals surface area contributed by atoms with E-state index in [1.807, 2.05) is 32.0 Å². The number of carbonyl (C=O) groups is 1. The van der Waals surface area contributed by atoms with Gasteiger partial charge >= 0.3 is 5.97 Å². The van der Waals surface area contributed by atoms with Crippen molar-refractivity contribution in [3.8, 4) is 16.9 Å². The Labute approximate surface area is 115 Å². The summed E-state index contributed by atoms with van der Waals surface area (Å²) < 4.78 is 5.34. The lowest BCUT2D eigenvalue weighted by Crippen LogP contribution is -1.99. The van der Waals surface area contributed by atoms with Crippen LogP contribution in [0, 0.1) is 13.8 Å². The zero-order valence-electron chi connectivity index (χ0n) is 11.0. The van der Waals surface area contributed by atoms with Gasteiger partial charge in [-0.05, 0) is 26.0 Å². The number of hydrogen-bond donors (Lipinski definition) is 2. The highest BCUT2D eigenvalue weighted by Gasteiger charge is 2.21. The molecule has 1 aromatic carbocycles. The lowest BCUT2D eigenvalue weighted by Gasteiger charge is -2.10. The monoisotopic (exact) mass is 277 g/mol. The number of methoxy groups -OCH3 is 1. The molecular weight excluding hydrogens is 262 g/mol. The van der Waals surface area contributed by atoms with Gasteiger partial charge in [0, 0.05) is 16.0 Å². The zero-order valence-corrected chi connectivity index (χ0v) is 11.8. The van der Waals surface area contributed by atoms with Crippen molar-refractivity contribution >= 4 is 23.0 Å². The molecule has 0 aliphatic rings. The van der Waals surface area contributed by atoms with E-state index in [0.29, 0.717) is 11.4 Å². The molecule has 3 N–H and O–H groups in total. The predicted molar refractivity (Wildman–Crippen MR) is 77.2 cm³/mol. The molecular formula is C14H15NO3S. The van der Waals surface area contributed by atoms with Crippen LogP contribution in [0.5, 0.6) is 5.75 Å². The van der Waals surface area contributed by atoms with Gasteiger partial charge in [0.15, 0.2) is 0 Å². The number of anilines is 1. The molecule has 100 valence electrons. The maximum atomic E-state index is 11.1. The minimum atomic E-state index is -0.997. The van der Waals surface area contributed by atoms with E-state index in [2.05, 4.69) is 0 Å². The third-order valence-corrected chi connectivity index (χ3v) is 4.05. The number of carboxylic acids is 1. The highest BCUT2D eigenvalue weighted by Crippen LogP contribution is 2.42. The van der Waals surface area contributed by atoms with Crippen LogP contribution in [0.1, 0.15) is 20.1 Å². The summed E-state index contributed by atoms with van der Waals surface area (Å²) in [5.41, 5.74) is 8.94. The molecule has 19 heavy (non-hydrogen) atoms. The van der Waals surface area contributed by atoms with E-state index < -0.39 is 5.97 Å². The smallest absolute Gasteiger partial charge is 0.348 e. The summed E-state index contributed by atoms with van der Waals surface area (Å²) >= 11 is 1.19. The van der Waals surface area contributed by atoms with Crippen LogP contribution in [-0.4, -0.2) is 18.2 Å². The normalized spacial score (nSPS) is 10.5. The molecule has 0 atom stereocenters. The van der Waals surface area contributed by atoms with Gasteiger partial charge in [-0.2, -0.15) is 0 Å². The number of nitrogens with two attached hydrogens (primary N) is 1. The van der Waals surface area contributed by atoms with Crippen molar-refractivity contribution < 1.29 is 14.6 Å². The molecule has 0 spiro atoms. The van der Waals surface area contributed by atoms with E-state index in [4.69, 9.17) is 15.6 Å². The second-order valence-electron chi connectivity index (χ2n) is 4.28. The van der Waals surface area contributed by atoms with Gasteiger partial charge in [-0.3, -0.25) is 0 Å². The van der Waals surface area contributed by atoms with Crippen molar-refractivity contribution in [2.75, 3.05) is 12.8 Å². The van der Waals surface area contributed by atoms with Crippen LogP contribution >= 0.6 is 11.3 Å². The average molecular weight is 277 g/mol. The summed E-state index contributed by atoms with van der Waals surface area (Å²) in [6.45, 7) is 3.84. The van der Waals surface area contributed by atoms with Gasteiger partial charge < -0.3 is 15.6 Å². The van der Waals surface area contributed by atoms with E-state index in [9.17, 15) is 4.79 Å². The lowest BCUT2D eigenvalue weighted by molar-refractivity contribution is 0.0703. The largest absolute Gasteiger partial charge is 0.496 e. The van der Waals surface area contributed by atoms with E-state index in [1.54, 1.807) is 7.11 Å². The van der Waals surface area contributed by atoms with E-state index >= 15 is 0 Å². The molecule has 4 nitrogen and oxygen atoms in total. The van der Waals surface area contributed by atoms with Crippen LogP contribution < -0.4 is 10.5 Å². The first-order valence-corrected chi connectivity index (χ1v) is 6.54. The first-order valence-electron chi connectivity index (χ1n) is 5.73. The van der Waals surface area contributed by atoms with Gasteiger partial charge in [-0.1, -0.05) is 11.6 Å². The van der Waals surface area contributed by atoms with Crippen LogP contribution in [0.15, 0.2) is 18.2 Å². The van der Waals surface area contributed by atoms with E-state index in [-0.39, 0.29) is 4.88 Å². The molecule has 0 saturated carbocycles. The molecule has 1 aromatic heterocycles. The average Bonchev–Trinajstić information content (AvgIpc) is 2.65. The topological polar surface area (TPSA) is 72.5 Å². The number of thiophene rings is 1. The Morgan fingerprint density at radius 2 is 2.05 bits per heavy atom. The van der Waals surface area contributed by atoms with Gasteiger partial charge in [0.2, 0.25) is 0 Å². The molecule has 2 aromatic rings. The van der Waals surface area contributed by atoms with Crippen molar-refractivity contribution in [1.82, 2.24) is 0 Å². The number of benzene rings is 1. The van der Waals surface area contributed by atoms with Gasteiger partial charge in [0.05, 0.1) is 12.8 Å². The van der Waals surface area contributed by atoms with Crippen molar-refractivity contribution in [3.05, 3.63) is 33.5 Å². The highest BCUT2D eigenvalue weighted by atomic mass is 32.1. The molecule has 1 heterocycles. The first-order chi connectivity index (χ1) is 8.95. The molecule has 0 aliphatic carbocycles. The van der Waals surface area contributed by atoms with Gasteiger partial charge in [0.25, 0.3) is 0 Å². The van der Waals surface area contributed by atoms with Crippen molar-refractivity contribution in [2.24, 2.45) is 0 Å². The molecule has 0 saturated heterocycles. The molecule has 0 unspecified atom stereocenters. The molecule has 0 amide bonds. The number of ether oxygens (including phenoxy) is 1. The standard InChI is InChI=1S/C14H15NO3S/c1-7-4-5-10(18-3)9(6-7)11-8(2)19-13(12(11)15)14(16)17/h4-6H,15H2,1-3H3,(H,16,17). The fraction of sp³-hybridized carbons (Fsp3) is 0.214. The molecule has 5 heteroatoms. The Hall–Kier alpha value is -2.01. The molecule has 0 fully saturated rings. The van der Waals surface area contributed by atoms with E-state index in [1.165, 1.54) is 11.3 Å². The summed E-state index contributed by atoms with van der Waals surface area (Å²) in [6, 6.07) is 5.76. The fourth-order valence-corrected chi connectivity index (χ4v) is 3.00. The maximum Gasteiger partial charge on any atom is 0.348 e. The van der Waals surface area contributed by atoms with Crippen LogP contribution in [0.2, 0.25) is 0 Å². The number of nitrogen functional groups attached to an aromatic ring is 1. The minimum Gasteiger partial charge on any atom is -0.496 e. The number of rotatable bonds is 3. The second kappa shape index (κ2) is 4.93. The van der Waals surface area contributed by atoms with Gasteiger partial charge in [0.1, 0.15) is 10.6 Å². The Bertz CT molecular complexity index is 646. The van der Waals surface area contributed by atoms with Crippen LogP contribution in [0.4, 0.5) is 5.69 Å². The van der Waals surface area contributed by atoms with Crippen LogP contribution in [0.25, 0.3) is 11.1 Å². The Morgan fingerprint density at radius 1 is 1.37 bits per heavy atom. The first kappa shape index (κ1) is 13.4. The number of hydrogen-bond acceptors (Lipinski definition) is 4. The number of aromatic carboxylic acids is 1. The Balaban J connectivity index is 2.72. The lowest BCUT2D eigenvalue weighted by atomic mass is 10.0. The Morgan fingerprint density at radius 3 is 2.58 bits per heavy atom. The summed E-state index contributed by atoms with van der Waals surface area (Å²) in [4.78, 5) is 12.2. The van der Waals surface area contributed by atoms with E-state index in [0.717, 1.165) is 21.6 Å². The van der Waals surface area contributed by atoms with Crippen molar-refractivity contribution in [1.29, 1.82) is 0 Å². The molecule has 0 aliphatic heterocycles. The maximum absolute atomic E-state index is 11.1. The summed E-state index contributed by atoms with van der Waals surface area (Å²) in [5.74, 6) is -0.307. The Kier molecular flexibility index (Phi) is 3.48. The second-order valence-corrected chi connectivity index (χ2v) is 5.51.